The molecule has 2 aromatic carbocycles. The minimum atomic E-state index is -0.327. The SMILES string of the molecule is CN1C[C@@H](N(Cc2cc(F)ccc2Cl)c2ccc(C#N)c(Cl)c2)CCO1. The Hall–Kier alpha value is -1.84. The lowest BCUT2D eigenvalue weighted by Gasteiger charge is -2.39. The monoisotopic (exact) mass is 393 g/mol. The van der Waals surface area contributed by atoms with E-state index in [0.29, 0.717) is 40.9 Å². The van der Waals surface area contributed by atoms with E-state index in [1.165, 1.54) is 12.1 Å². The van der Waals surface area contributed by atoms with Gasteiger partial charge in [0.05, 0.1) is 17.2 Å². The van der Waals surface area contributed by atoms with E-state index in [-0.39, 0.29) is 11.9 Å². The average Bonchev–Trinajstić information content (AvgIpc) is 2.62. The Morgan fingerprint density at radius 2 is 2.08 bits per heavy atom. The summed E-state index contributed by atoms with van der Waals surface area (Å²) in [4.78, 5) is 7.63. The third kappa shape index (κ3) is 4.28. The lowest BCUT2D eigenvalue weighted by molar-refractivity contribution is -0.166. The Morgan fingerprint density at radius 3 is 2.77 bits per heavy atom. The van der Waals surface area contributed by atoms with Crippen molar-refractivity contribution in [2.45, 2.75) is 19.0 Å². The van der Waals surface area contributed by atoms with Gasteiger partial charge in [-0.15, -0.1) is 0 Å². The van der Waals surface area contributed by atoms with Gasteiger partial charge in [-0.05, 0) is 48.4 Å². The minimum absolute atomic E-state index is 0.136. The summed E-state index contributed by atoms with van der Waals surface area (Å²) >= 11 is 12.5. The first kappa shape index (κ1) is 18.9. The molecule has 0 N–H and O–H groups in total. The molecule has 0 radical (unpaired) electrons. The van der Waals surface area contributed by atoms with Gasteiger partial charge in [0.15, 0.2) is 0 Å². The van der Waals surface area contributed by atoms with Crippen molar-refractivity contribution in [1.82, 2.24) is 5.06 Å². The third-order valence-corrected chi connectivity index (χ3v) is 5.11. The quantitative estimate of drug-likeness (QED) is 0.757. The number of rotatable bonds is 4. The second-order valence-corrected chi connectivity index (χ2v) is 7.04. The van der Waals surface area contributed by atoms with Crippen molar-refractivity contribution in [2.75, 3.05) is 25.1 Å². The maximum atomic E-state index is 13.7. The number of hydrogen-bond acceptors (Lipinski definition) is 4. The van der Waals surface area contributed by atoms with Crippen LogP contribution in [0.15, 0.2) is 36.4 Å². The van der Waals surface area contributed by atoms with Crippen LogP contribution >= 0.6 is 23.2 Å². The van der Waals surface area contributed by atoms with E-state index in [1.54, 1.807) is 23.3 Å². The first-order chi connectivity index (χ1) is 12.5. The van der Waals surface area contributed by atoms with E-state index in [1.807, 2.05) is 13.1 Å². The molecule has 0 unspecified atom stereocenters. The number of likely N-dealkylation sites (N-methyl/N-ethyl adjacent to an activating group) is 1. The first-order valence-corrected chi connectivity index (χ1v) is 8.98. The molecule has 0 spiro atoms. The molecule has 136 valence electrons. The molecule has 0 saturated carbocycles. The number of anilines is 1. The van der Waals surface area contributed by atoms with Gasteiger partial charge in [-0.2, -0.15) is 10.3 Å². The van der Waals surface area contributed by atoms with Crippen molar-refractivity contribution in [1.29, 1.82) is 5.26 Å². The molecule has 1 aliphatic rings. The van der Waals surface area contributed by atoms with Gasteiger partial charge in [-0.3, -0.25) is 4.84 Å². The summed E-state index contributed by atoms with van der Waals surface area (Å²) in [5.74, 6) is -0.327. The summed E-state index contributed by atoms with van der Waals surface area (Å²) < 4.78 is 13.7. The summed E-state index contributed by atoms with van der Waals surface area (Å²) in [6, 6.07) is 11.9. The molecule has 3 rings (SSSR count). The van der Waals surface area contributed by atoms with Crippen LogP contribution in [0.1, 0.15) is 17.5 Å². The fourth-order valence-electron chi connectivity index (χ4n) is 3.09. The Balaban J connectivity index is 1.97. The van der Waals surface area contributed by atoms with Crippen molar-refractivity contribution >= 4 is 28.9 Å². The minimum Gasteiger partial charge on any atom is -0.363 e. The lowest BCUT2D eigenvalue weighted by Crippen LogP contribution is -2.47. The Bertz CT molecular complexity index is 840. The van der Waals surface area contributed by atoms with E-state index >= 15 is 0 Å². The van der Waals surface area contributed by atoms with Crippen LogP contribution in [0, 0.1) is 17.1 Å². The molecular weight excluding hydrogens is 376 g/mol. The molecule has 0 amide bonds. The molecule has 7 heteroatoms. The highest BCUT2D eigenvalue weighted by molar-refractivity contribution is 6.32. The highest BCUT2D eigenvalue weighted by Crippen LogP contribution is 2.30. The largest absolute Gasteiger partial charge is 0.363 e. The molecule has 0 aliphatic carbocycles. The summed E-state index contributed by atoms with van der Waals surface area (Å²) in [6.07, 6.45) is 0.814. The molecule has 4 nitrogen and oxygen atoms in total. The summed E-state index contributed by atoms with van der Waals surface area (Å²) in [5.41, 5.74) is 1.97. The number of halogens is 3. The van der Waals surface area contributed by atoms with Crippen LogP contribution in [0.25, 0.3) is 0 Å². The van der Waals surface area contributed by atoms with E-state index in [2.05, 4.69) is 11.0 Å². The van der Waals surface area contributed by atoms with Crippen LogP contribution in [-0.4, -0.2) is 31.3 Å². The number of hydrogen-bond donors (Lipinski definition) is 0. The zero-order chi connectivity index (χ0) is 18.7. The normalized spacial score (nSPS) is 17.7. The fourth-order valence-corrected chi connectivity index (χ4v) is 3.49. The lowest BCUT2D eigenvalue weighted by atomic mass is 10.1. The Labute approximate surface area is 162 Å². The average molecular weight is 394 g/mol. The van der Waals surface area contributed by atoms with Crippen LogP contribution in [-0.2, 0) is 11.4 Å². The number of nitrogens with zero attached hydrogens (tertiary/aromatic N) is 3. The maximum Gasteiger partial charge on any atom is 0.123 e. The van der Waals surface area contributed by atoms with Crippen LogP contribution in [0.2, 0.25) is 10.0 Å². The first-order valence-electron chi connectivity index (χ1n) is 8.22. The number of benzene rings is 2. The van der Waals surface area contributed by atoms with E-state index in [4.69, 9.17) is 33.3 Å². The highest BCUT2D eigenvalue weighted by Gasteiger charge is 2.26. The standard InChI is InChI=1S/C19H18Cl2FN3O/c1-24-12-17(6-7-26-24)25(11-14-8-15(22)3-5-18(14)20)16-4-2-13(10-23)19(21)9-16/h2-5,8-9,17H,6-7,11-12H2,1H3/t17-/m0/s1. The summed E-state index contributed by atoms with van der Waals surface area (Å²) in [7, 11) is 1.88. The number of hydroxylamine groups is 2. The van der Waals surface area contributed by atoms with E-state index in [9.17, 15) is 4.39 Å². The second-order valence-electron chi connectivity index (χ2n) is 6.23. The van der Waals surface area contributed by atoms with Crippen molar-refractivity contribution in [2.24, 2.45) is 0 Å². The van der Waals surface area contributed by atoms with Gasteiger partial charge in [0.1, 0.15) is 11.9 Å². The molecule has 1 fully saturated rings. The van der Waals surface area contributed by atoms with E-state index < -0.39 is 0 Å². The molecule has 26 heavy (non-hydrogen) atoms. The molecule has 1 atom stereocenters. The van der Waals surface area contributed by atoms with Crippen LogP contribution in [0.4, 0.5) is 10.1 Å². The van der Waals surface area contributed by atoms with Gasteiger partial charge in [0.2, 0.25) is 0 Å². The molecular formula is C19H18Cl2FN3O. The zero-order valence-corrected chi connectivity index (χ0v) is 15.8. The summed E-state index contributed by atoms with van der Waals surface area (Å²) in [6.45, 7) is 1.71. The number of nitriles is 1. The van der Waals surface area contributed by atoms with Crippen LogP contribution in [0.3, 0.4) is 0 Å². The van der Waals surface area contributed by atoms with Gasteiger partial charge in [-0.25, -0.2) is 4.39 Å². The van der Waals surface area contributed by atoms with Crippen molar-refractivity contribution in [3.63, 3.8) is 0 Å². The van der Waals surface area contributed by atoms with Gasteiger partial charge in [0.25, 0.3) is 0 Å². The summed E-state index contributed by atoms with van der Waals surface area (Å²) in [5, 5.41) is 11.8. The third-order valence-electron chi connectivity index (χ3n) is 4.42. The molecule has 0 bridgehead atoms. The predicted octanol–water partition coefficient (Wildman–Crippen LogP) is 4.65. The smallest absolute Gasteiger partial charge is 0.123 e. The maximum absolute atomic E-state index is 13.7. The molecule has 1 heterocycles. The predicted molar refractivity (Wildman–Crippen MR) is 101 cm³/mol. The van der Waals surface area contributed by atoms with Gasteiger partial charge >= 0.3 is 0 Å². The second kappa shape index (κ2) is 8.24. The fraction of sp³-hybridized carbons (Fsp3) is 0.316. The highest BCUT2D eigenvalue weighted by atomic mass is 35.5. The zero-order valence-electron chi connectivity index (χ0n) is 14.3. The van der Waals surface area contributed by atoms with Crippen molar-refractivity contribution in [3.8, 4) is 6.07 Å². The van der Waals surface area contributed by atoms with Crippen molar-refractivity contribution in [3.05, 3.63) is 63.4 Å². The van der Waals surface area contributed by atoms with Gasteiger partial charge in [0, 0.05) is 36.9 Å². The molecule has 2 aromatic rings. The van der Waals surface area contributed by atoms with Gasteiger partial charge < -0.3 is 4.90 Å². The Morgan fingerprint density at radius 1 is 1.27 bits per heavy atom. The van der Waals surface area contributed by atoms with E-state index in [0.717, 1.165) is 12.1 Å². The Kier molecular flexibility index (Phi) is 6.00. The molecule has 1 aliphatic heterocycles. The molecule has 0 aromatic heterocycles. The van der Waals surface area contributed by atoms with Gasteiger partial charge in [-0.1, -0.05) is 23.2 Å². The van der Waals surface area contributed by atoms with Crippen molar-refractivity contribution < 1.29 is 9.23 Å². The molecule has 1 saturated heterocycles. The topological polar surface area (TPSA) is 39.5 Å². The van der Waals surface area contributed by atoms with Crippen LogP contribution < -0.4 is 4.90 Å². The van der Waals surface area contributed by atoms with Crippen LogP contribution in [0.5, 0.6) is 0 Å².